The molecule has 2 heterocycles. The molecule has 0 aromatic heterocycles. The molecular formula is C18H27NO4S. The molecule has 2 saturated heterocycles. The molecule has 2 aliphatic heterocycles. The number of hydrogen-bond acceptors (Lipinski definition) is 4. The van der Waals surface area contributed by atoms with Crippen molar-refractivity contribution in [2.45, 2.75) is 44.2 Å². The van der Waals surface area contributed by atoms with Gasteiger partial charge in [0.15, 0.2) is 0 Å². The van der Waals surface area contributed by atoms with E-state index in [2.05, 4.69) is 0 Å². The van der Waals surface area contributed by atoms with E-state index in [4.69, 9.17) is 4.74 Å². The van der Waals surface area contributed by atoms with Gasteiger partial charge in [-0.25, -0.2) is 8.42 Å². The summed E-state index contributed by atoms with van der Waals surface area (Å²) in [6, 6.07) is 9.54. The number of rotatable bonds is 5. The SMILES string of the molecule is C[C@]1(O)CCOC[C@@H]1[C@@H]1CCCN1S(=O)(=O)CCc1ccccc1. The lowest BCUT2D eigenvalue weighted by Gasteiger charge is -2.42. The Bertz CT molecular complexity index is 644. The van der Waals surface area contributed by atoms with Gasteiger partial charge in [-0.2, -0.15) is 4.31 Å². The molecule has 3 rings (SSSR count). The van der Waals surface area contributed by atoms with Crippen LogP contribution in [0.2, 0.25) is 0 Å². The first-order valence-electron chi connectivity index (χ1n) is 8.74. The molecule has 24 heavy (non-hydrogen) atoms. The van der Waals surface area contributed by atoms with Gasteiger partial charge >= 0.3 is 0 Å². The molecule has 5 nitrogen and oxygen atoms in total. The average molecular weight is 353 g/mol. The second-order valence-corrected chi connectivity index (χ2v) is 9.20. The Morgan fingerprint density at radius 1 is 1.33 bits per heavy atom. The quantitative estimate of drug-likeness (QED) is 0.877. The van der Waals surface area contributed by atoms with Crippen molar-refractivity contribution in [1.82, 2.24) is 4.31 Å². The van der Waals surface area contributed by atoms with Gasteiger partial charge < -0.3 is 9.84 Å². The van der Waals surface area contributed by atoms with Crippen LogP contribution in [0.5, 0.6) is 0 Å². The Hall–Kier alpha value is -0.950. The topological polar surface area (TPSA) is 66.8 Å². The number of hydrogen-bond donors (Lipinski definition) is 1. The van der Waals surface area contributed by atoms with Crippen LogP contribution in [0, 0.1) is 5.92 Å². The maximum atomic E-state index is 12.9. The van der Waals surface area contributed by atoms with E-state index in [1.165, 1.54) is 0 Å². The zero-order chi connectivity index (χ0) is 17.2. The fourth-order valence-corrected chi connectivity index (χ4v) is 5.70. The average Bonchev–Trinajstić information content (AvgIpc) is 3.04. The van der Waals surface area contributed by atoms with Crippen molar-refractivity contribution >= 4 is 10.0 Å². The van der Waals surface area contributed by atoms with E-state index in [-0.39, 0.29) is 17.7 Å². The van der Waals surface area contributed by atoms with Gasteiger partial charge in [0.05, 0.1) is 18.0 Å². The van der Waals surface area contributed by atoms with Gasteiger partial charge in [-0.1, -0.05) is 30.3 Å². The predicted molar refractivity (Wildman–Crippen MR) is 93.2 cm³/mol. The van der Waals surface area contributed by atoms with Crippen molar-refractivity contribution in [1.29, 1.82) is 0 Å². The standard InChI is InChI=1S/C18H27NO4S/c1-18(20)10-12-23-14-16(18)17-8-5-11-19(17)24(21,22)13-9-15-6-3-2-4-7-15/h2-4,6-7,16-17,20H,5,8-14H2,1H3/t16-,17+,18+/m1/s1. The van der Waals surface area contributed by atoms with Crippen LogP contribution >= 0.6 is 0 Å². The summed E-state index contributed by atoms with van der Waals surface area (Å²) in [6.45, 7) is 3.33. The number of nitrogens with zero attached hydrogens (tertiary/aromatic N) is 1. The summed E-state index contributed by atoms with van der Waals surface area (Å²) in [5.74, 6) is -0.0382. The molecule has 1 N–H and O–H groups in total. The first-order valence-corrected chi connectivity index (χ1v) is 10.3. The van der Waals surface area contributed by atoms with Crippen LogP contribution in [0.3, 0.4) is 0 Å². The molecule has 0 spiro atoms. The fourth-order valence-electron chi connectivity index (χ4n) is 3.90. The minimum Gasteiger partial charge on any atom is -0.390 e. The van der Waals surface area contributed by atoms with Crippen LogP contribution < -0.4 is 0 Å². The smallest absolute Gasteiger partial charge is 0.214 e. The molecule has 1 aromatic carbocycles. The van der Waals surface area contributed by atoms with Gasteiger partial charge in [0.2, 0.25) is 10.0 Å². The minimum absolute atomic E-state index is 0.114. The van der Waals surface area contributed by atoms with E-state index in [0.717, 1.165) is 18.4 Å². The molecular weight excluding hydrogens is 326 g/mol. The summed E-state index contributed by atoms with van der Waals surface area (Å²) in [6.07, 6.45) is 2.73. The third kappa shape index (κ3) is 3.82. The van der Waals surface area contributed by atoms with Gasteiger partial charge in [-0.05, 0) is 38.2 Å². The minimum atomic E-state index is -3.34. The summed E-state index contributed by atoms with van der Waals surface area (Å²) in [4.78, 5) is 0. The van der Waals surface area contributed by atoms with Gasteiger partial charge in [-0.15, -0.1) is 0 Å². The van der Waals surface area contributed by atoms with Crippen molar-refractivity contribution in [3.63, 3.8) is 0 Å². The lowest BCUT2D eigenvalue weighted by atomic mass is 9.80. The van der Waals surface area contributed by atoms with Gasteiger partial charge in [0.1, 0.15) is 0 Å². The second-order valence-electron chi connectivity index (χ2n) is 7.16. The van der Waals surface area contributed by atoms with Crippen LogP contribution in [0.4, 0.5) is 0 Å². The molecule has 2 aliphatic rings. The predicted octanol–water partition coefficient (Wildman–Crippen LogP) is 1.81. The highest BCUT2D eigenvalue weighted by Gasteiger charge is 2.47. The Morgan fingerprint density at radius 3 is 2.79 bits per heavy atom. The lowest BCUT2D eigenvalue weighted by Crippen LogP contribution is -2.53. The van der Waals surface area contributed by atoms with Crippen LogP contribution in [0.25, 0.3) is 0 Å². The lowest BCUT2D eigenvalue weighted by molar-refractivity contribution is -0.116. The Kier molecular flexibility index (Phi) is 5.30. The number of benzene rings is 1. The highest BCUT2D eigenvalue weighted by molar-refractivity contribution is 7.89. The van der Waals surface area contributed by atoms with Gasteiger partial charge in [-0.3, -0.25) is 0 Å². The third-order valence-electron chi connectivity index (χ3n) is 5.41. The van der Waals surface area contributed by atoms with Crippen LogP contribution in [0.15, 0.2) is 30.3 Å². The molecule has 0 saturated carbocycles. The molecule has 2 fully saturated rings. The maximum absolute atomic E-state index is 12.9. The van der Waals surface area contributed by atoms with Crippen molar-refractivity contribution in [2.75, 3.05) is 25.5 Å². The molecule has 0 unspecified atom stereocenters. The van der Waals surface area contributed by atoms with Crippen LogP contribution in [-0.2, 0) is 21.2 Å². The van der Waals surface area contributed by atoms with Crippen molar-refractivity contribution in [3.05, 3.63) is 35.9 Å². The summed E-state index contributed by atoms with van der Waals surface area (Å²) < 4.78 is 32.9. The highest BCUT2D eigenvalue weighted by Crippen LogP contribution is 2.37. The molecule has 3 atom stereocenters. The van der Waals surface area contributed by atoms with E-state index in [1.54, 1.807) is 4.31 Å². The van der Waals surface area contributed by atoms with E-state index in [0.29, 0.717) is 32.6 Å². The largest absolute Gasteiger partial charge is 0.390 e. The maximum Gasteiger partial charge on any atom is 0.214 e. The van der Waals surface area contributed by atoms with Crippen LogP contribution in [-0.4, -0.2) is 55.0 Å². The number of aliphatic hydroxyl groups is 1. The number of sulfonamides is 1. The normalized spacial score (nSPS) is 32.1. The highest BCUT2D eigenvalue weighted by atomic mass is 32.2. The fraction of sp³-hybridized carbons (Fsp3) is 0.667. The van der Waals surface area contributed by atoms with Crippen LogP contribution in [0.1, 0.15) is 31.7 Å². The second kappa shape index (κ2) is 7.12. The molecule has 1 aromatic rings. The molecule has 0 bridgehead atoms. The van der Waals surface area contributed by atoms with E-state index >= 15 is 0 Å². The van der Waals surface area contributed by atoms with Gasteiger partial charge in [0, 0.05) is 25.1 Å². The van der Waals surface area contributed by atoms with E-state index in [1.807, 2.05) is 37.3 Å². The molecule has 6 heteroatoms. The molecule has 0 aliphatic carbocycles. The van der Waals surface area contributed by atoms with Crippen molar-refractivity contribution < 1.29 is 18.3 Å². The first kappa shape index (κ1) is 17.9. The summed E-state index contributed by atoms with van der Waals surface area (Å²) in [5, 5.41) is 10.7. The molecule has 134 valence electrons. The summed E-state index contributed by atoms with van der Waals surface area (Å²) in [5.41, 5.74) is 0.172. The van der Waals surface area contributed by atoms with E-state index < -0.39 is 15.6 Å². The van der Waals surface area contributed by atoms with Crippen molar-refractivity contribution in [3.8, 4) is 0 Å². The number of ether oxygens (including phenoxy) is 1. The van der Waals surface area contributed by atoms with Crippen molar-refractivity contribution in [2.24, 2.45) is 5.92 Å². The molecule has 0 amide bonds. The summed E-state index contributed by atoms with van der Waals surface area (Å²) in [7, 11) is -3.34. The zero-order valence-electron chi connectivity index (χ0n) is 14.2. The summed E-state index contributed by atoms with van der Waals surface area (Å²) >= 11 is 0. The van der Waals surface area contributed by atoms with E-state index in [9.17, 15) is 13.5 Å². The molecule has 0 radical (unpaired) electrons. The Morgan fingerprint density at radius 2 is 2.08 bits per heavy atom. The van der Waals surface area contributed by atoms with Gasteiger partial charge in [0.25, 0.3) is 0 Å². The monoisotopic (exact) mass is 353 g/mol. The number of aryl methyl sites for hydroxylation is 1. The Labute approximate surface area is 144 Å². The Balaban J connectivity index is 1.71. The third-order valence-corrected chi connectivity index (χ3v) is 7.30. The first-order chi connectivity index (χ1) is 11.4. The zero-order valence-corrected chi connectivity index (χ0v) is 15.0.